The van der Waals surface area contributed by atoms with Crippen LogP contribution in [0.5, 0.6) is 11.5 Å². The second kappa shape index (κ2) is 11.6. The minimum Gasteiger partial charge on any atom is -0.496 e. The molecular weight excluding hydrogens is 486 g/mol. The molecule has 200 valence electrons. The van der Waals surface area contributed by atoms with E-state index in [1.54, 1.807) is 47.1 Å². The average Bonchev–Trinajstić information content (AvgIpc) is 2.92. The number of rotatable bonds is 8. The molecule has 2 aliphatic rings. The topological polar surface area (TPSA) is 100 Å². The van der Waals surface area contributed by atoms with Gasteiger partial charge in [-0.3, -0.25) is 14.6 Å². The van der Waals surface area contributed by atoms with Gasteiger partial charge < -0.3 is 18.9 Å². The molecule has 0 bridgehead atoms. The number of methoxy groups -OCH3 is 2. The van der Waals surface area contributed by atoms with E-state index in [4.69, 9.17) is 23.9 Å². The number of hydrogen-bond acceptors (Lipinski definition) is 8. The highest BCUT2D eigenvalue weighted by Gasteiger charge is 2.53. The van der Waals surface area contributed by atoms with Crippen molar-refractivity contribution in [1.82, 2.24) is 0 Å². The van der Waals surface area contributed by atoms with Crippen molar-refractivity contribution in [2.45, 2.75) is 39.0 Å². The van der Waals surface area contributed by atoms with E-state index in [1.165, 1.54) is 0 Å². The molecule has 0 saturated heterocycles. The van der Waals surface area contributed by atoms with Crippen LogP contribution in [0.15, 0.2) is 64.8 Å². The monoisotopic (exact) mass is 519 g/mol. The predicted octanol–water partition coefficient (Wildman–Crippen LogP) is 4.63. The van der Waals surface area contributed by atoms with Crippen molar-refractivity contribution in [2.24, 2.45) is 16.8 Å². The van der Waals surface area contributed by atoms with Crippen molar-refractivity contribution in [3.63, 3.8) is 0 Å². The van der Waals surface area contributed by atoms with Gasteiger partial charge in [-0.05, 0) is 44.9 Å². The molecule has 1 heterocycles. The van der Waals surface area contributed by atoms with Gasteiger partial charge in [0.05, 0.1) is 38.9 Å². The summed E-state index contributed by atoms with van der Waals surface area (Å²) >= 11 is 0. The number of carbonyl (C=O) groups excluding carboxylic acids is 3. The number of esters is 2. The van der Waals surface area contributed by atoms with Crippen molar-refractivity contribution in [1.29, 1.82) is 0 Å². The lowest BCUT2D eigenvalue weighted by Crippen LogP contribution is -2.48. The van der Waals surface area contributed by atoms with Crippen molar-refractivity contribution in [2.75, 3.05) is 27.4 Å². The highest BCUT2D eigenvalue weighted by atomic mass is 16.5. The molecule has 4 atom stereocenters. The van der Waals surface area contributed by atoms with E-state index in [-0.39, 0.29) is 24.6 Å². The molecular formula is C30H33NO7. The van der Waals surface area contributed by atoms with Gasteiger partial charge >= 0.3 is 11.9 Å². The van der Waals surface area contributed by atoms with Gasteiger partial charge in [0.2, 0.25) is 0 Å². The number of nitrogens with zero attached hydrogens (tertiary/aromatic N) is 1. The van der Waals surface area contributed by atoms with Gasteiger partial charge in [-0.1, -0.05) is 36.4 Å². The Hall–Kier alpha value is -3.94. The standard InChI is InChI=1S/C30H33NO7/c1-6-37-29(33)24-17(3)31-21-16-20(18-12-8-10-14-22(18)35-4)26(30(34)38-7-2)28(32)27(21)25(24)19-13-9-11-15-23(19)36-5/h8-15,20,25-27H,6-7,16H2,1-5H3/t20-,25+,26+,27?/m0/s1. The maximum Gasteiger partial charge on any atom is 0.336 e. The first kappa shape index (κ1) is 27.1. The summed E-state index contributed by atoms with van der Waals surface area (Å²) in [5, 5.41) is 0. The van der Waals surface area contributed by atoms with Gasteiger partial charge in [-0.25, -0.2) is 4.79 Å². The molecule has 8 nitrogen and oxygen atoms in total. The van der Waals surface area contributed by atoms with Crippen LogP contribution >= 0.6 is 0 Å². The lowest BCUT2D eigenvalue weighted by molar-refractivity contribution is -0.153. The first-order valence-corrected chi connectivity index (χ1v) is 12.8. The molecule has 38 heavy (non-hydrogen) atoms. The molecule has 0 radical (unpaired) electrons. The number of allylic oxidation sites excluding steroid dienone is 1. The number of fused-ring (bicyclic) bond motifs is 1. The Balaban J connectivity index is 1.94. The largest absolute Gasteiger partial charge is 0.496 e. The minimum atomic E-state index is -1.10. The third-order valence-electron chi connectivity index (χ3n) is 7.20. The van der Waals surface area contributed by atoms with E-state index in [0.717, 1.165) is 5.56 Å². The smallest absolute Gasteiger partial charge is 0.336 e. The van der Waals surface area contributed by atoms with Crippen LogP contribution in [0, 0.1) is 11.8 Å². The molecule has 1 unspecified atom stereocenters. The number of benzene rings is 2. The van der Waals surface area contributed by atoms with E-state index in [2.05, 4.69) is 0 Å². The Morgan fingerprint density at radius 3 is 2.05 bits per heavy atom. The summed E-state index contributed by atoms with van der Waals surface area (Å²) in [5.74, 6) is -3.63. The van der Waals surface area contributed by atoms with Crippen molar-refractivity contribution < 1.29 is 33.3 Å². The van der Waals surface area contributed by atoms with Gasteiger partial charge in [0, 0.05) is 28.8 Å². The van der Waals surface area contributed by atoms with Gasteiger partial charge in [-0.2, -0.15) is 0 Å². The van der Waals surface area contributed by atoms with Crippen LogP contribution in [0.25, 0.3) is 0 Å². The van der Waals surface area contributed by atoms with Gasteiger partial charge in [0.1, 0.15) is 17.4 Å². The molecule has 8 heteroatoms. The van der Waals surface area contributed by atoms with Gasteiger partial charge in [0.25, 0.3) is 0 Å². The molecule has 1 aliphatic heterocycles. The second-order valence-corrected chi connectivity index (χ2v) is 9.20. The fourth-order valence-corrected chi connectivity index (χ4v) is 5.68. The number of Topliss-reactive ketones (excluding diaryl/α,β-unsaturated/α-hetero) is 1. The van der Waals surface area contributed by atoms with Gasteiger partial charge in [-0.15, -0.1) is 0 Å². The van der Waals surface area contributed by atoms with Crippen LogP contribution in [0.3, 0.4) is 0 Å². The van der Waals surface area contributed by atoms with Crippen LogP contribution in [-0.2, 0) is 23.9 Å². The second-order valence-electron chi connectivity index (χ2n) is 9.20. The quantitative estimate of drug-likeness (QED) is 0.370. The zero-order chi connectivity index (χ0) is 27.4. The molecule has 1 saturated carbocycles. The first-order chi connectivity index (χ1) is 18.4. The number of carbonyl (C=O) groups is 3. The fourth-order valence-electron chi connectivity index (χ4n) is 5.68. The molecule has 1 aliphatic carbocycles. The average molecular weight is 520 g/mol. The molecule has 0 amide bonds. The normalized spacial score (nSPS) is 22.8. The number of para-hydroxylation sites is 2. The van der Waals surface area contributed by atoms with Crippen LogP contribution in [0.2, 0.25) is 0 Å². The zero-order valence-corrected chi connectivity index (χ0v) is 22.4. The van der Waals surface area contributed by atoms with Gasteiger partial charge in [0.15, 0.2) is 5.78 Å². The molecule has 0 spiro atoms. The van der Waals surface area contributed by atoms with Crippen molar-refractivity contribution in [3.05, 3.63) is 70.9 Å². The fraction of sp³-hybridized carbons (Fsp3) is 0.400. The highest BCUT2D eigenvalue weighted by molar-refractivity contribution is 6.18. The first-order valence-electron chi connectivity index (χ1n) is 12.8. The number of ketones is 1. The molecule has 0 aromatic heterocycles. The predicted molar refractivity (Wildman–Crippen MR) is 141 cm³/mol. The van der Waals surface area contributed by atoms with E-state index < -0.39 is 35.6 Å². The Bertz CT molecular complexity index is 1300. The Morgan fingerprint density at radius 2 is 1.45 bits per heavy atom. The summed E-state index contributed by atoms with van der Waals surface area (Å²) in [4.78, 5) is 45.8. The summed E-state index contributed by atoms with van der Waals surface area (Å²) in [6, 6.07) is 14.6. The third-order valence-corrected chi connectivity index (χ3v) is 7.20. The number of aliphatic imine (C=N–C) groups is 1. The molecule has 2 aromatic rings. The maximum absolute atomic E-state index is 14.4. The third kappa shape index (κ3) is 4.83. The van der Waals surface area contributed by atoms with Crippen LogP contribution in [0.1, 0.15) is 50.2 Å². The minimum absolute atomic E-state index is 0.135. The van der Waals surface area contributed by atoms with Crippen LogP contribution < -0.4 is 9.47 Å². The molecule has 0 N–H and O–H groups in total. The van der Waals surface area contributed by atoms with E-state index in [9.17, 15) is 14.4 Å². The van der Waals surface area contributed by atoms with Crippen molar-refractivity contribution in [3.8, 4) is 11.5 Å². The Kier molecular flexibility index (Phi) is 8.29. The summed E-state index contributed by atoms with van der Waals surface area (Å²) in [6.07, 6.45) is 0.319. The van der Waals surface area contributed by atoms with Crippen molar-refractivity contribution >= 4 is 23.4 Å². The summed E-state index contributed by atoms with van der Waals surface area (Å²) in [7, 11) is 3.10. The molecule has 1 fully saturated rings. The summed E-state index contributed by atoms with van der Waals surface area (Å²) in [5.41, 5.74) is 2.76. The lowest BCUT2D eigenvalue weighted by atomic mass is 9.62. The van der Waals surface area contributed by atoms with Crippen LogP contribution in [-0.4, -0.2) is 50.9 Å². The Labute approximate surface area is 222 Å². The van der Waals surface area contributed by atoms with E-state index in [0.29, 0.717) is 34.9 Å². The van der Waals surface area contributed by atoms with Crippen LogP contribution in [0.4, 0.5) is 0 Å². The molecule has 4 rings (SSSR count). The molecule has 2 aromatic carbocycles. The summed E-state index contributed by atoms with van der Waals surface area (Å²) in [6.45, 7) is 5.49. The lowest BCUT2D eigenvalue weighted by Gasteiger charge is -2.41. The highest BCUT2D eigenvalue weighted by Crippen LogP contribution is 2.50. The SMILES string of the molecule is CCOC(=O)C1=C(C)N=C2C[C@@H](c3ccccc3OC)[C@@H](C(=O)OCC)C(=O)C2[C@@H]1c1ccccc1OC. The van der Waals surface area contributed by atoms with E-state index >= 15 is 0 Å². The number of ether oxygens (including phenoxy) is 4. The maximum atomic E-state index is 14.4. The summed E-state index contributed by atoms with van der Waals surface area (Å²) < 4.78 is 22.0. The zero-order valence-electron chi connectivity index (χ0n) is 22.4. The van der Waals surface area contributed by atoms with E-state index in [1.807, 2.05) is 36.4 Å². The number of hydrogen-bond donors (Lipinski definition) is 0. The Morgan fingerprint density at radius 1 is 0.868 bits per heavy atom.